The van der Waals surface area contributed by atoms with Gasteiger partial charge in [-0.1, -0.05) is 18.1 Å². The number of amides is 1. The SMILES string of the molecule is CC1CCN(CCCNC(=O)c2cc(-c3cccs3)on2)CC1. The molecule has 2 aromatic rings. The minimum Gasteiger partial charge on any atom is -0.355 e. The Bertz CT molecular complexity index is 616. The van der Waals surface area contributed by atoms with Gasteiger partial charge >= 0.3 is 0 Å². The summed E-state index contributed by atoms with van der Waals surface area (Å²) in [7, 11) is 0. The Kier molecular flexibility index (Phi) is 5.46. The van der Waals surface area contributed by atoms with E-state index in [-0.39, 0.29) is 5.91 Å². The van der Waals surface area contributed by atoms with Gasteiger partial charge in [-0.15, -0.1) is 11.3 Å². The van der Waals surface area contributed by atoms with E-state index in [0.29, 0.717) is 18.0 Å². The number of likely N-dealkylation sites (tertiary alicyclic amines) is 1. The third kappa shape index (κ3) is 4.42. The molecular formula is C17H23N3O2S. The van der Waals surface area contributed by atoms with Gasteiger partial charge in [-0.3, -0.25) is 4.79 Å². The summed E-state index contributed by atoms with van der Waals surface area (Å²) in [6.45, 7) is 6.41. The van der Waals surface area contributed by atoms with E-state index in [9.17, 15) is 4.79 Å². The summed E-state index contributed by atoms with van der Waals surface area (Å²) in [5, 5.41) is 8.75. The van der Waals surface area contributed by atoms with Crippen LogP contribution in [0.25, 0.3) is 10.6 Å². The maximum Gasteiger partial charge on any atom is 0.273 e. The van der Waals surface area contributed by atoms with Crippen molar-refractivity contribution in [2.75, 3.05) is 26.2 Å². The first-order valence-corrected chi connectivity index (χ1v) is 9.11. The third-order valence-corrected chi connectivity index (χ3v) is 5.20. The molecule has 0 aromatic carbocycles. The molecule has 0 radical (unpaired) electrons. The molecule has 0 aliphatic carbocycles. The number of piperidine rings is 1. The normalized spacial score (nSPS) is 16.6. The second-order valence-electron chi connectivity index (χ2n) is 6.19. The van der Waals surface area contributed by atoms with Gasteiger partial charge in [0.1, 0.15) is 0 Å². The summed E-state index contributed by atoms with van der Waals surface area (Å²) in [6.07, 6.45) is 3.54. The molecule has 23 heavy (non-hydrogen) atoms. The molecule has 1 aliphatic rings. The van der Waals surface area contributed by atoms with Crippen molar-refractivity contribution in [3.8, 4) is 10.6 Å². The Balaban J connectivity index is 1.40. The van der Waals surface area contributed by atoms with Gasteiger partial charge < -0.3 is 14.7 Å². The second kappa shape index (κ2) is 7.75. The highest BCUT2D eigenvalue weighted by molar-refractivity contribution is 7.13. The molecule has 1 aliphatic heterocycles. The number of thiophene rings is 1. The molecule has 0 atom stereocenters. The van der Waals surface area contributed by atoms with Crippen LogP contribution in [-0.4, -0.2) is 42.1 Å². The van der Waals surface area contributed by atoms with E-state index in [2.05, 4.69) is 22.3 Å². The van der Waals surface area contributed by atoms with E-state index < -0.39 is 0 Å². The van der Waals surface area contributed by atoms with Gasteiger partial charge in [-0.05, 0) is 56.3 Å². The van der Waals surface area contributed by atoms with Gasteiger partial charge in [-0.2, -0.15) is 0 Å². The van der Waals surface area contributed by atoms with Crippen molar-refractivity contribution in [2.24, 2.45) is 5.92 Å². The van der Waals surface area contributed by atoms with Crippen molar-refractivity contribution in [3.63, 3.8) is 0 Å². The summed E-state index contributed by atoms with van der Waals surface area (Å²) in [5.74, 6) is 1.34. The molecule has 3 heterocycles. The average molecular weight is 333 g/mol. The van der Waals surface area contributed by atoms with E-state index in [4.69, 9.17) is 4.52 Å². The summed E-state index contributed by atoms with van der Waals surface area (Å²) >= 11 is 1.57. The lowest BCUT2D eigenvalue weighted by Crippen LogP contribution is -2.35. The third-order valence-electron chi connectivity index (χ3n) is 4.32. The molecule has 1 N–H and O–H groups in total. The number of rotatable bonds is 6. The van der Waals surface area contributed by atoms with Crippen LogP contribution in [0.2, 0.25) is 0 Å². The summed E-state index contributed by atoms with van der Waals surface area (Å²) in [5.41, 5.74) is 0.347. The molecule has 1 fully saturated rings. The topological polar surface area (TPSA) is 58.4 Å². The number of nitrogens with one attached hydrogen (secondary N) is 1. The molecule has 1 saturated heterocycles. The molecule has 5 nitrogen and oxygen atoms in total. The van der Waals surface area contributed by atoms with Gasteiger partial charge in [-0.25, -0.2) is 0 Å². The fourth-order valence-electron chi connectivity index (χ4n) is 2.80. The van der Waals surface area contributed by atoms with Crippen molar-refractivity contribution in [1.82, 2.24) is 15.4 Å². The monoisotopic (exact) mass is 333 g/mol. The molecule has 0 bridgehead atoms. The predicted molar refractivity (Wildman–Crippen MR) is 91.6 cm³/mol. The number of hydrogen-bond donors (Lipinski definition) is 1. The number of hydrogen-bond acceptors (Lipinski definition) is 5. The maximum atomic E-state index is 12.1. The first-order valence-electron chi connectivity index (χ1n) is 8.23. The molecular weight excluding hydrogens is 310 g/mol. The second-order valence-corrected chi connectivity index (χ2v) is 7.14. The lowest BCUT2D eigenvalue weighted by Gasteiger charge is -2.30. The Morgan fingerprint density at radius 3 is 3.04 bits per heavy atom. The van der Waals surface area contributed by atoms with Crippen molar-refractivity contribution >= 4 is 17.2 Å². The van der Waals surface area contributed by atoms with Crippen LogP contribution in [0.3, 0.4) is 0 Å². The Hall–Kier alpha value is -1.66. The Labute approximate surface area is 140 Å². The average Bonchev–Trinajstić information content (AvgIpc) is 3.23. The van der Waals surface area contributed by atoms with Crippen molar-refractivity contribution in [1.29, 1.82) is 0 Å². The van der Waals surface area contributed by atoms with Crippen LogP contribution in [0.15, 0.2) is 28.1 Å². The van der Waals surface area contributed by atoms with E-state index in [1.54, 1.807) is 17.4 Å². The minimum absolute atomic E-state index is 0.163. The van der Waals surface area contributed by atoms with E-state index in [0.717, 1.165) is 23.8 Å². The summed E-state index contributed by atoms with van der Waals surface area (Å²) in [6, 6.07) is 5.60. The fourth-order valence-corrected chi connectivity index (χ4v) is 3.47. The van der Waals surface area contributed by atoms with Crippen molar-refractivity contribution in [3.05, 3.63) is 29.3 Å². The highest BCUT2D eigenvalue weighted by Gasteiger charge is 2.16. The van der Waals surface area contributed by atoms with Gasteiger partial charge in [0.2, 0.25) is 0 Å². The van der Waals surface area contributed by atoms with Crippen LogP contribution in [0.1, 0.15) is 36.7 Å². The van der Waals surface area contributed by atoms with Gasteiger partial charge in [0.25, 0.3) is 5.91 Å². The zero-order chi connectivity index (χ0) is 16.1. The van der Waals surface area contributed by atoms with Crippen LogP contribution < -0.4 is 5.32 Å². The van der Waals surface area contributed by atoms with Gasteiger partial charge in [0, 0.05) is 12.6 Å². The molecule has 0 spiro atoms. The molecule has 124 valence electrons. The number of nitrogens with zero attached hydrogens (tertiary/aromatic N) is 2. The zero-order valence-electron chi connectivity index (χ0n) is 13.5. The molecule has 3 rings (SSSR count). The van der Waals surface area contributed by atoms with Crippen LogP contribution >= 0.6 is 11.3 Å². The van der Waals surface area contributed by atoms with E-state index in [1.807, 2.05) is 17.5 Å². The summed E-state index contributed by atoms with van der Waals surface area (Å²) in [4.78, 5) is 15.5. The molecule has 2 aromatic heterocycles. The van der Waals surface area contributed by atoms with Crippen LogP contribution in [-0.2, 0) is 0 Å². The highest BCUT2D eigenvalue weighted by atomic mass is 32.1. The first-order chi connectivity index (χ1) is 11.2. The minimum atomic E-state index is -0.163. The van der Waals surface area contributed by atoms with Gasteiger partial charge in [0.15, 0.2) is 11.5 Å². The van der Waals surface area contributed by atoms with E-state index in [1.165, 1.54) is 25.9 Å². The van der Waals surface area contributed by atoms with Crippen molar-refractivity contribution in [2.45, 2.75) is 26.2 Å². The predicted octanol–water partition coefficient (Wildman–Crippen LogP) is 3.25. The van der Waals surface area contributed by atoms with Crippen LogP contribution in [0.5, 0.6) is 0 Å². The van der Waals surface area contributed by atoms with Crippen LogP contribution in [0, 0.1) is 5.92 Å². The fraction of sp³-hybridized carbons (Fsp3) is 0.529. The maximum absolute atomic E-state index is 12.1. The standard InChI is InChI=1S/C17H23N3O2S/c1-13-5-9-20(10-6-13)8-3-7-18-17(21)14-12-15(22-19-14)16-4-2-11-23-16/h2,4,11-13H,3,5-10H2,1H3,(H,18,21). The largest absolute Gasteiger partial charge is 0.355 e. The number of carbonyl (C=O) groups is 1. The van der Waals surface area contributed by atoms with Crippen LogP contribution in [0.4, 0.5) is 0 Å². The number of carbonyl (C=O) groups excluding carboxylic acids is 1. The lowest BCUT2D eigenvalue weighted by molar-refractivity contribution is 0.0941. The Morgan fingerprint density at radius 2 is 2.30 bits per heavy atom. The first kappa shape index (κ1) is 16.2. The highest BCUT2D eigenvalue weighted by Crippen LogP contribution is 2.25. The molecule has 0 unspecified atom stereocenters. The molecule has 0 saturated carbocycles. The molecule has 6 heteroatoms. The quantitative estimate of drug-likeness (QED) is 0.825. The lowest BCUT2D eigenvalue weighted by atomic mass is 9.99. The molecule has 1 amide bonds. The zero-order valence-corrected chi connectivity index (χ0v) is 14.3. The smallest absolute Gasteiger partial charge is 0.273 e. The van der Waals surface area contributed by atoms with E-state index >= 15 is 0 Å². The summed E-state index contributed by atoms with van der Waals surface area (Å²) < 4.78 is 5.23. The number of aromatic nitrogens is 1. The van der Waals surface area contributed by atoms with Gasteiger partial charge in [0.05, 0.1) is 4.88 Å². The Morgan fingerprint density at radius 1 is 1.48 bits per heavy atom. The van der Waals surface area contributed by atoms with Crippen molar-refractivity contribution < 1.29 is 9.32 Å².